The van der Waals surface area contributed by atoms with Crippen LogP contribution in [-0.4, -0.2) is 19.6 Å². The predicted molar refractivity (Wildman–Crippen MR) is 79.2 cm³/mol. The van der Waals surface area contributed by atoms with Crippen molar-refractivity contribution in [3.8, 4) is 0 Å². The second-order valence-corrected chi connectivity index (χ2v) is 5.44. The monoisotopic (exact) mass is 359 g/mol. The van der Waals surface area contributed by atoms with Gasteiger partial charge in [0.1, 0.15) is 18.0 Å². The summed E-state index contributed by atoms with van der Waals surface area (Å²) in [6, 6.07) is 4.13. The lowest BCUT2D eigenvalue weighted by Crippen LogP contribution is -2.15. The first kappa shape index (κ1) is 16.4. The van der Waals surface area contributed by atoms with Crippen molar-refractivity contribution in [3.05, 3.63) is 52.7 Å². The third-order valence-electron chi connectivity index (χ3n) is 3.34. The zero-order valence-electron chi connectivity index (χ0n) is 12.1. The second-order valence-electron chi connectivity index (χ2n) is 5.03. The third-order valence-corrected chi connectivity index (χ3v) is 3.66. The first-order valence-corrected chi connectivity index (χ1v) is 7.13. The van der Waals surface area contributed by atoms with Crippen LogP contribution in [0.25, 0.3) is 5.78 Å². The van der Waals surface area contributed by atoms with Crippen LogP contribution in [-0.2, 0) is 6.18 Å². The average molecular weight is 360 g/mol. The number of anilines is 1. The van der Waals surface area contributed by atoms with Crippen LogP contribution in [0, 0.1) is 5.82 Å². The summed E-state index contributed by atoms with van der Waals surface area (Å²) in [6.07, 6.45) is -3.52. The van der Waals surface area contributed by atoms with Gasteiger partial charge in [0.05, 0.1) is 6.04 Å². The van der Waals surface area contributed by atoms with E-state index in [1.54, 1.807) is 6.92 Å². The van der Waals surface area contributed by atoms with Gasteiger partial charge in [-0.25, -0.2) is 9.37 Å². The van der Waals surface area contributed by atoms with Gasteiger partial charge in [0.2, 0.25) is 0 Å². The van der Waals surface area contributed by atoms with Gasteiger partial charge in [0.15, 0.2) is 5.69 Å². The number of alkyl halides is 3. The molecule has 126 valence electrons. The molecule has 0 saturated heterocycles. The van der Waals surface area contributed by atoms with Gasteiger partial charge >= 0.3 is 6.18 Å². The molecule has 1 unspecified atom stereocenters. The Kier molecular flexibility index (Phi) is 4.04. The summed E-state index contributed by atoms with van der Waals surface area (Å²) in [5.41, 5.74) is -0.570. The molecule has 0 aliphatic carbocycles. The molecular weight excluding hydrogens is 350 g/mol. The number of benzene rings is 1. The lowest BCUT2D eigenvalue weighted by molar-refractivity contribution is -0.141. The van der Waals surface area contributed by atoms with Crippen LogP contribution in [0.4, 0.5) is 23.4 Å². The molecule has 0 radical (unpaired) electrons. The number of aromatic nitrogens is 4. The molecule has 0 amide bonds. The smallest absolute Gasteiger partial charge is 0.363 e. The van der Waals surface area contributed by atoms with Crippen LogP contribution >= 0.6 is 11.6 Å². The fourth-order valence-electron chi connectivity index (χ4n) is 2.21. The highest BCUT2D eigenvalue weighted by molar-refractivity contribution is 6.31. The molecule has 0 bridgehead atoms. The number of nitrogens with zero attached hydrogens (tertiary/aromatic N) is 4. The highest BCUT2D eigenvalue weighted by Crippen LogP contribution is 2.31. The van der Waals surface area contributed by atoms with E-state index in [0.29, 0.717) is 5.56 Å². The Morgan fingerprint density at radius 2 is 2.00 bits per heavy atom. The lowest BCUT2D eigenvalue weighted by atomic mass is 10.1. The van der Waals surface area contributed by atoms with Crippen molar-refractivity contribution in [1.29, 1.82) is 0 Å². The zero-order chi connectivity index (χ0) is 17.5. The highest BCUT2D eigenvalue weighted by atomic mass is 35.5. The number of fused-ring (bicyclic) bond motifs is 1. The summed E-state index contributed by atoms with van der Waals surface area (Å²) in [6.45, 7) is 1.68. The number of hydrogen-bond donors (Lipinski definition) is 1. The maximum atomic E-state index is 13.1. The summed E-state index contributed by atoms with van der Waals surface area (Å²) in [4.78, 5) is 7.11. The molecule has 1 aromatic carbocycles. The van der Waals surface area contributed by atoms with Crippen LogP contribution in [0.3, 0.4) is 0 Å². The summed E-state index contributed by atoms with van der Waals surface area (Å²) in [5.74, 6) is -0.652. The van der Waals surface area contributed by atoms with Crippen LogP contribution < -0.4 is 5.32 Å². The van der Waals surface area contributed by atoms with E-state index in [9.17, 15) is 17.6 Å². The molecule has 2 heterocycles. The number of nitrogens with one attached hydrogen (secondary N) is 1. The molecule has 3 rings (SSSR count). The summed E-state index contributed by atoms with van der Waals surface area (Å²) >= 11 is 5.98. The Hall–Kier alpha value is -2.42. The van der Waals surface area contributed by atoms with Gasteiger partial charge in [-0.3, -0.25) is 0 Å². The minimum absolute atomic E-state index is 0.0396. The summed E-state index contributed by atoms with van der Waals surface area (Å²) < 4.78 is 53.2. The van der Waals surface area contributed by atoms with E-state index in [2.05, 4.69) is 20.4 Å². The first-order chi connectivity index (χ1) is 11.3. The molecule has 0 aliphatic rings. The predicted octanol–water partition coefficient (Wildman–Crippen LogP) is 4.11. The van der Waals surface area contributed by atoms with Crippen molar-refractivity contribution in [2.24, 2.45) is 0 Å². The number of hydrogen-bond acceptors (Lipinski definition) is 4. The molecule has 0 saturated carbocycles. The van der Waals surface area contributed by atoms with Crippen LogP contribution in [0.2, 0.25) is 5.02 Å². The van der Waals surface area contributed by atoms with E-state index in [-0.39, 0.29) is 16.6 Å². The van der Waals surface area contributed by atoms with E-state index in [0.717, 1.165) is 23.0 Å². The van der Waals surface area contributed by atoms with E-state index < -0.39 is 23.7 Å². The SMILES string of the molecule is CC(Nc1cc(C(F)(F)F)nc2ncnn12)c1ccc(F)cc1Cl. The van der Waals surface area contributed by atoms with Crippen molar-refractivity contribution in [1.82, 2.24) is 19.6 Å². The molecule has 2 aromatic heterocycles. The average Bonchev–Trinajstić information content (AvgIpc) is 2.94. The van der Waals surface area contributed by atoms with Crippen molar-refractivity contribution in [2.75, 3.05) is 5.32 Å². The molecule has 1 N–H and O–H groups in total. The standard InChI is InChI=1S/C14H10ClF4N5/c1-7(9-3-2-8(16)4-10(9)15)22-12-5-11(14(17,18)19)23-13-20-6-21-24(12)13/h2-7,22H,1H3. The van der Waals surface area contributed by atoms with Gasteiger partial charge in [0.25, 0.3) is 5.78 Å². The molecule has 1 atom stereocenters. The van der Waals surface area contributed by atoms with Gasteiger partial charge in [0, 0.05) is 11.1 Å². The first-order valence-electron chi connectivity index (χ1n) is 6.75. The molecule has 0 aliphatic heterocycles. The largest absolute Gasteiger partial charge is 0.433 e. The Morgan fingerprint density at radius 3 is 2.67 bits per heavy atom. The Labute approximate surface area is 138 Å². The molecule has 0 spiro atoms. The molecule has 10 heteroatoms. The Bertz CT molecular complexity index is 892. The molecule has 0 fully saturated rings. The topological polar surface area (TPSA) is 55.1 Å². The second kappa shape index (κ2) is 5.90. The number of halogens is 5. The minimum Gasteiger partial charge on any atom is -0.363 e. The van der Waals surface area contributed by atoms with Gasteiger partial charge in [-0.15, -0.1) is 0 Å². The maximum Gasteiger partial charge on any atom is 0.433 e. The normalized spacial score (nSPS) is 13.2. The molecule has 5 nitrogen and oxygen atoms in total. The quantitative estimate of drug-likeness (QED) is 0.715. The van der Waals surface area contributed by atoms with Crippen LogP contribution in [0.1, 0.15) is 24.2 Å². The molecule has 24 heavy (non-hydrogen) atoms. The van der Waals surface area contributed by atoms with Gasteiger partial charge in [-0.05, 0) is 24.6 Å². The zero-order valence-corrected chi connectivity index (χ0v) is 12.9. The third kappa shape index (κ3) is 3.12. The summed E-state index contributed by atoms with van der Waals surface area (Å²) in [5, 5.41) is 6.88. The Balaban J connectivity index is 2.01. The van der Waals surface area contributed by atoms with Gasteiger partial charge in [-0.1, -0.05) is 17.7 Å². The van der Waals surface area contributed by atoms with Crippen LogP contribution in [0.5, 0.6) is 0 Å². The molecule has 3 aromatic rings. The van der Waals surface area contributed by atoms with Crippen LogP contribution in [0.15, 0.2) is 30.6 Å². The van der Waals surface area contributed by atoms with Crippen molar-refractivity contribution in [2.45, 2.75) is 19.1 Å². The fraction of sp³-hybridized carbons (Fsp3) is 0.214. The molecular formula is C14H10ClF4N5. The van der Waals surface area contributed by atoms with Crippen molar-refractivity contribution in [3.63, 3.8) is 0 Å². The summed E-state index contributed by atoms with van der Waals surface area (Å²) in [7, 11) is 0. The highest BCUT2D eigenvalue weighted by Gasteiger charge is 2.34. The van der Waals surface area contributed by atoms with E-state index in [4.69, 9.17) is 11.6 Å². The minimum atomic E-state index is -4.62. The Morgan fingerprint density at radius 1 is 1.25 bits per heavy atom. The van der Waals surface area contributed by atoms with E-state index >= 15 is 0 Å². The maximum absolute atomic E-state index is 13.1. The fourth-order valence-corrected chi connectivity index (χ4v) is 2.54. The van der Waals surface area contributed by atoms with E-state index in [1.165, 1.54) is 12.1 Å². The van der Waals surface area contributed by atoms with E-state index in [1.807, 2.05) is 0 Å². The number of rotatable bonds is 3. The van der Waals surface area contributed by atoms with Gasteiger partial charge in [-0.2, -0.15) is 27.8 Å². The van der Waals surface area contributed by atoms with Crippen molar-refractivity contribution < 1.29 is 17.6 Å². The van der Waals surface area contributed by atoms with Gasteiger partial charge < -0.3 is 5.32 Å². The lowest BCUT2D eigenvalue weighted by Gasteiger charge is -2.18. The van der Waals surface area contributed by atoms with Crippen molar-refractivity contribution >= 4 is 23.2 Å².